The Labute approximate surface area is 126 Å². The zero-order valence-corrected chi connectivity index (χ0v) is 12.6. The minimum Gasteiger partial charge on any atom is -0.397 e. The lowest BCUT2D eigenvalue weighted by atomic mass is 10.1. The van der Waals surface area contributed by atoms with Crippen molar-refractivity contribution in [3.63, 3.8) is 0 Å². The summed E-state index contributed by atoms with van der Waals surface area (Å²) in [6.07, 6.45) is -3.54. The van der Waals surface area contributed by atoms with Gasteiger partial charge >= 0.3 is 6.18 Å². The van der Waals surface area contributed by atoms with Crippen LogP contribution in [0.1, 0.15) is 17.4 Å². The summed E-state index contributed by atoms with van der Waals surface area (Å²) >= 11 is 1.67. The number of halogens is 3. The number of rotatable bonds is 4. The van der Waals surface area contributed by atoms with Crippen LogP contribution in [0.25, 0.3) is 0 Å². The van der Waals surface area contributed by atoms with E-state index in [2.05, 4.69) is 0 Å². The summed E-state index contributed by atoms with van der Waals surface area (Å²) in [6, 6.07) is 7.67. The topological polar surface area (TPSA) is 29.3 Å². The second-order valence-corrected chi connectivity index (χ2v) is 6.05. The first kappa shape index (κ1) is 15.7. The number of nitrogens with two attached hydrogens (primary N) is 1. The van der Waals surface area contributed by atoms with E-state index in [0.29, 0.717) is 5.69 Å². The zero-order chi connectivity index (χ0) is 15.6. The number of nitrogens with zero attached hydrogens (tertiary/aromatic N) is 1. The fourth-order valence-electron chi connectivity index (χ4n) is 2.15. The van der Waals surface area contributed by atoms with Gasteiger partial charge in [-0.1, -0.05) is 6.07 Å². The lowest BCUT2D eigenvalue weighted by Gasteiger charge is -2.28. The van der Waals surface area contributed by atoms with Crippen molar-refractivity contribution in [2.24, 2.45) is 0 Å². The van der Waals surface area contributed by atoms with Crippen molar-refractivity contribution in [3.05, 3.63) is 46.2 Å². The molecule has 6 heteroatoms. The SMILES string of the molecule is CC(Cc1cccs1)N(C)c1ccc(C(F)(F)F)cc1N. The van der Waals surface area contributed by atoms with Gasteiger partial charge in [0.1, 0.15) is 0 Å². The van der Waals surface area contributed by atoms with Crippen molar-refractivity contribution >= 4 is 22.7 Å². The van der Waals surface area contributed by atoms with E-state index in [1.165, 1.54) is 10.9 Å². The molecule has 0 aliphatic carbocycles. The lowest BCUT2D eigenvalue weighted by molar-refractivity contribution is -0.137. The van der Waals surface area contributed by atoms with Crippen molar-refractivity contribution in [2.75, 3.05) is 17.7 Å². The number of anilines is 2. The van der Waals surface area contributed by atoms with Gasteiger partial charge < -0.3 is 10.6 Å². The first-order valence-electron chi connectivity index (χ1n) is 6.51. The number of thiophene rings is 1. The van der Waals surface area contributed by atoms with E-state index in [4.69, 9.17) is 5.73 Å². The Morgan fingerprint density at radius 3 is 2.52 bits per heavy atom. The van der Waals surface area contributed by atoms with Crippen molar-refractivity contribution in [1.29, 1.82) is 0 Å². The fraction of sp³-hybridized carbons (Fsp3) is 0.333. The Kier molecular flexibility index (Phi) is 4.46. The summed E-state index contributed by atoms with van der Waals surface area (Å²) in [5.74, 6) is 0. The molecule has 0 radical (unpaired) electrons. The van der Waals surface area contributed by atoms with E-state index in [-0.39, 0.29) is 11.7 Å². The van der Waals surface area contributed by atoms with Crippen LogP contribution in [0.3, 0.4) is 0 Å². The molecule has 1 aromatic heterocycles. The highest BCUT2D eigenvalue weighted by Crippen LogP contribution is 2.34. The first-order chi connectivity index (χ1) is 9.79. The molecule has 1 atom stereocenters. The summed E-state index contributed by atoms with van der Waals surface area (Å²) in [5, 5.41) is 2.01. The number of hydrogen-bond acceptors (Lipinski definition) is 3. The van der Waals surface area contributed by atoms with Gasteiger partial charge in [-0.2, -0.15) is 13.2 Å². The monoisotopic (exact) mass is 314 g/mol. The predicted molar refractivity (Wildman–Crippen MR) is 81.7 cm³/mol. The highest BCUT2D eigenvalue weighted by atomic mass is 32.1. The van der Waals surface area contributed by atoms with Gasteiger partial charge in [0.05, 0.1) is 16.9 Å². The number of alkyl halides is 3. The van der Waals surface area contributed by atoms with Gasteiger partial charge in [-0.15, -0.1) is 11.3 Å². The van der Waals surface area contributed by atoms with E-state index in [0.717, 1.165) is 18.6 Å². The molecule has 0 aliphatic rings. The Morgan fingerprint density at radius 1 is 1.29 bits per heavy atom. The smallest absolute Gasteiger partial charge is 0.397 e. The average Bonchev–Trinajstić information content (AvgIpc) is 2.89. The average molecular weight is 314 g/mol. The molecule has 0 aliphatic heterocycles. The van der Waals surface area contributed by atoms with E-state index in [1.54, 1.807) is 11.3 Å². The molecule has 0 fully saturated rings. The highest BCUT2D eigenvalue weighted by Gasteiger charge is 2.31. The van der Waals surface area contributed by atoms with Crippen LogP contribution in [0.4, 0.5) is 24.5 Å². The standard InChI is InChI=1S/C15H17F3N2S/c1-10(8-12-4-3-7-21-12)20(2)14-6-5-11(9-13(14)19)15(16,17)18/h3-7,9-10H,8,19H2,1-2H3. The zero-order valence-electron chi connectivity index (χ0n) is 11.8. The van der Waals surface area contributed by atoms with Gasteiger partial charge in [0, 0.05) is 24.4 Å². The molecule has 2 nitrogen and oxygen atoms in total. The minimum atomic E-state index is -4.37. The first-order valence-corrected chi connectivity index (χ1v) is 7.39. The van der Waals surface area contributed by atoms with Crippen molar-refractivity contribution in [2.45, 2.75) is 25.6 Å². The maximum Gasteiger partial charge on any atom is 0.416 e. The van der Waals surface area contributed by atoms with Gasteiger partial charge in [-0.05, 0) is 36.6 Å². The van der Waals surface area contributed by atoms with Gasteiger partial charge in [0.25, 0.3) is 0 Å². The van der Waals surface area contributed by atoms with Crippen LogP contribution in [0.5, 0.6) is 0 Å². The van der Waals surface area contributed by atoms with Crippen LogP contribution >= 0.6 is 11.3 Å². The van der Waals surface area contributed by atoms with Gasteiger partial charge in [-0.25, -0.2) is 0 Å². The lowest BCUT2D eigenvalue weighted by Crippen LogP contribution is -2.31. The van der Waals surface area contributed by atoms with Crippen molar-refractivity contribution in [3.8, 4) is 0 Å². The molecule has 0 bridgehead atoms. The maximum atomic E-state index is 12.6. The van der Waals surface area contributed by atoms with Crippen molar-refractivity contribution in [1.82, 2.24) is 0 Å². The van der Waals surface area contributed by atoms with Gasteiger partial charge in [0.15, 0.2) is 0 Å². The summed E-state index contributed by atoms with van der Waals surface area (Å²) in [5.41, 5.74) is 5.83. The van der Waals surface area contributed by atoms with Crippen LogP contribution < -0.4 is 10.6 Å². The molecule has 21 heavy (non-hydrogen) atoms. The van der Waals surface area contributed by atoms with Crippen LogP contribution in [0, 0.1) is 0 Å². The molecule has 1 heterocycles. The molecule has 1 unspecified atom stereocenters. The Balaban J connectivity index is 2.17. The molecule has 2 rings (SSSR count). The number of likely N-dealkylation sites (N-methyl/N-ethyl adjacent to an activating group) is 1. The van der Waals surface area contributed by atoms with Crippen LogP contribution in [0.2, 0.25) is 0 Å². The van der Waals surface area contributed by atoms with E-state index >= 15 is 0 Å². The molecule has 0 saturated carbocycles. The van der Waals surface area contributed by atoms with Gasteiger partial charge in [0.2, 0.25) is 0 Å². The summed E-state index contributed by atoms with van der Waals surface area (Å²) in [4.78, 5) is 3.15. The molecular weight excluding hydrogens is 297 g/mol. The summed E-state index contributed by atoms with van der Waals surface area (Å²) < 4.78 is 37.9. The minimum absolute atomic E-state index is 0.141. The highest BCUT2D eigenvalue weighted by molar-refractivity contribution is 7.09. The quantitative estimate of drug-likeness (QED) is 0.847. The molecule has 2 aromatic rings. The Bertz CT molecular complexity index is 593. The van der Waals surface area contributed by atoms with E-state index < -0.39 is 11.7 Å². The molecular formula is C15H17F3N2S. The molecule has 1 aromatic carbocycles. The van der Waals surface area contributed by atoms with Crippen LogP contribution in [0.15, 0.2) is 35.7 Å². The normalized spacial score (nSPS) is 13.2. The molecule has 114 valence electrons. The largest absolute Gasteiger partial charge is 0.416 e. The van der Waals surface area contributed by atoms with Crippen LogP contribution in [-0.2, 0) is 12.6 Å². The second-order valence-electron chi connectivity index (χ2n) is 5.01. The fourth-order valence-corrected chi connectivity index (χ4v) is 2.97. The Morgan fingerprint density at radius 2 is 2.00 bits per heavy atom. The maximum absolute atomic E-state index is 12.6. The molecule has 0 spiro atoms. The third kappa shape index (κ3) is 3.69. The van der Waals surface area contributed by atoms with E-state index in [1.807, 2.05) is 36.4 Å². The molecule has 2 N–H and O–H groups in total. The number of hydrogen-bond donors (Lipinski definition) is 1. The predicted octanol–water partition coefficient (Wildman–Crippen LogP) is 4.42. The second kappa shape index (κ2) is 5.97. The van der Waals surface area contributed by atoms with E-state index in [9.17, 15) is 13.2 Å². The molecule has 0 amide bonds. The Hall–Kier alpha value is -1.69. The number of nitrogen functional groups attached to an aromatic ring is 1. The third-order valence-corrected chi connectivity index (χ3v) is 4.37. The van der Waals surface area contributed by atoms with Crippen LogP contribution in [-0.4, -0.2) is 13.1 Å². The third-order valence-electron chi connectivity index (χ3n) is 3.47. The molecule has 0 saturated heterocycles. The number of benzene rings is 1. The van der Waals surface area contributed by atoms with Crippen molar-refractivity contribution < 1.29 is 13.2 Å². The van der Waals surface area contributed by atoms with Gasteiger partial charge in [-0.3, -0.25) is 0 Å². The summed E-state index contributed by atoms with van der Waals surface area (Å²) in [7, 11) is 1.84. The summed E-state index contributed by atoms with van der Waals surface area (Å²) in [6.45, 7) is 2.02.